The first-order valence-electron chi connectivity index (χ1n) is 3.95. The summed E-state index contributed by atoms with van der Waals surface area (Å²) < 4.78 is 0. The molecule has 0 aromatic carbocycles. The molecule has 2 N–H and O–H groups in total. The molecule has 0 saturated carbocycles. The van der Waals surface area contributed by atoms with E-state index in [2.05, 4.69) is 0 Å². The first-order valence-corrected chi connectivity index (χ1v) is 3.95. The highest BCUT2D eigenvalue weighted by molar-refractivity contribution is 5.79. The fraction of sp³-hybridized carbons (Fsp3) is 0.556. The summed E-state index contributed by atoms with van der Waals surface area (Å²) in [6.45, 7) is 3.57. The minimum absolute atomic E-state index is 0.0386. The van der Waals surface area contributed by atoms with E-state index in [0.29, 0.717) is 6.42 Å². The van der Waals surface area contributed by atoms with Gasteiger partial charge in [0.1, 0.15) is 0 Å². The SMILES string of the molecule is CC(C)(C/C=C/C(=O)O)CC(=O)O. The van der Waals surface area contributed by atoms with Crippen molar-refractivity contribution in [3.8, 4) is 0 Å². The molecular formula is C9H14O4. The molecule has 0 unspecified atom stereocenters. The van der Waals surface area contributed by atoms with Crippen molar-refractivity contribution in [2.45, 2.75) is 26.7 Å². The fourth-order valence-corrected chi connectivity index (χ4v) is 0.960. The molecule has 0 amide bonds. The molecule has 0 spiro atoms. The van der Waals surface area contributed by atoms with E-state index in [1.807, 2.05) is 0 Å². The number of aliphatic carboxylic acids is 2. The van der Waals surface area contributed by atoms with Crippen LogP contribution in [0.1, 0.15) is 26.7 Å². The third-order valence-electron chi connectivity index (χ3n) is 1.56. The molecule has 0 saturated heterocycles. The molecule has 0 aliphatic carbocycles. The lowest BCUT2D eigenvalue weighted by Gasteiger charge is -2.19. The zero-order valence-electron chi connectivity index (χ0n) is 7.78. The van der Waals surface area contributed by atoms with Gasteiger partial charge in [-0.25, -0.2) is 4.79 Å². The summed E-state index contributed by atoms with van der Waals surface area (Å²) in [5.41, 5.74) is -0.391. The van der Waals surface area contributed by atoms with Crippen molar-refractivity contribution in [1.82, 2.24) is 0 Å². The lowest BCUT2D eigenvalue weighted by Crippen LogP contribution is -2.15. The number of hydrogen-bond acceptors (Lipinski definition) is 2. The molecule has 0 aromatic rings. The Morgan fingerprint density at radius 3 is 2.23 bits per heavy atom. The Morgan fingerprint density at radius 1 is 1.31 bits per heavy atom. The van der Waals surface area contributed by atoms with Gasteiger partial charge in [-0.2, -0.15) is 0 Å². The first-order chi connectivity index (χ1) is 5.83. The van der Waals surface area contributed by atoms with Crippen LogP contribution in [0.25, 0.3) is 0 Å². The van der Waals surface area contributed by atoms with E-state index in [-0.39, 0.29) is 6.42 Å². The standard InChI is InChI=1S/C9H14O4/c1-9(2,6-8(12)13)5-3-4-7(10)11/h3-4H,5-6H2,1-2H3,(H,10,11)(H,12,13)/b4-3+. The van der Waals surface area contributed by atoms with Crippen molar-refractivity contribution >= 4 is 11.9 Å². The maximum atomic E-state index is 10.4. The van der Waals surface area contributed by atoms with Crippen LogP contribution in [-0.4, -0.2) is 22.2 Å². The Morgan fingerprint density at radius 2 is 1.85 bits per heavy atom. The van der Waals surface area contributed by atoms with Gasteiger partial charge >= 0.3 is 11.9 Å². The lowest BCUT2D eigenvalue weighted by atomic mass is 9.86. The zero-order chi connectivity index (χ0) is 10.5. The molecule has 0 radical (unpaired) electrons. The molecule has 0 aromatic heterocycles. The molecule has 0 aliphatic rings. The van der Waals surface area contributed by atoms with Crippen LogP contribution in [0.4, 0.5) is 0 Å². The molecule has 13 heavy (non-hydrogen) atoms. The predicted octanol–water partition coefficient (Wildman–Crippen LogP) is 1.52. The van der Waals surface area contributed by atoms with Gasteiger partial charge in [-0.15, -0.1) is 0 Å². The van der Waals surface area contributed by atoms with Crippen molar-refractivity contribution < 1.29 is 19.8 Å². The molecule has 0 bridgehead atoms. The van der Waals surface area contributed by atoms with E-state index in [0.717, 1.165) is 6.08 Å². The van der Waals surface area contributed by atoms with E-state index in [4.69, 9.17) is 10.2 Å². The third-order valence-corrected chi connectivity index (χ3v) is 1.56. The Balaban J connectivity index is 4.02. The summed E-state index contributed by atoms with van der Waals surface area (Å²) in [6, 6.07) is 0. The second-order valence-corrected chi connectivity index (χ2v) is 3.68. The minimum atomic E-state index is -1.01. The van der Waals surface area contributed by atoms with Crippen molar-refractivity contribution in [3.05, 3.63) is 12.2 Å². The number of carboxylic acids is 2. The highest BCUT2D eigenvalue weighted by atomic mass is 16.4. The van der Waals surface area contributed by atoms with Crippen molar-refractivity contribution in [2.75, 3.05) is 0 Å². The molecule has 4 heteroatoms. The quantitative estimate of drug-likeness (QED) is 0.638. The smallest absolute Gasteiger partial charge is 0.327 e. The number of allylic oxidation sites excluding steroid dienone is 1. The van der Waals surface area contributed by atoms with E-state index in [1.54, 1.807) is 13.8 Å². The Kier molecular flexibility index (Phi) is 4.17. The maximum Gasteiger partial charge on any atom is 0.327 e. The summed E-state index contributed by atoms with van der Waals surface area (Å²) >= 11 is 0. The topological polar surface area (TPSA) is 74.6 Å². The summed E-state index contributed by atoms with van der Waals surface area (Å²) in [4.78, 5) is 20.5. The van der Waals surface area contributed by atoms with E-state index >= 15 is 0 Å². The van der Waals surface area contributed by atoms with E-state index in [1.165, 1.54) is 6.08 Å². The maximum absolute atomic E-state index is 10.4. The predicted molar refractivity (Wildman–Crippen MR) is 47.4 cm³/mol. The Hall–Kier alpha value is -1.32. The van der Waals surface area contributed by atoms with Crippen LogP contribution in [0.5, 0.6) is 0 Å². The normalized spacial score (nSPS) is 11.8. The molecule has 0 fully saturated rings. The zero-order valence-corrected chi connectivity index (χ0v) is 7.78. The van der Waals surface area contributed by atoms with Crippen LogP contribution in [0, 0.1) is 5.41 Å². The average molecular weight is 186 g/mol. The Bertz CT molecular complexity index is 228. The molecule has 0 atom stereocenters. The summed E-state index contributed by atoms with van der Waals surface area (Å²) in [7, 11) is 0. The largest absolute Gasteiger partial charge is 0.481 e. The van der Waals surface area contributed by atoms with Gasteiger partial charge in [0.25, 0.3) is 0 Å². The van der Waals surface area contributed by atoms with Crippen LogP contribution in [0.3, 0.4) is 0 Å². The highest BCUT2D eigenvalue weighted by Crippen LogP contribution is 2.25. The molecule has 0 heterocycles. The summed E-state index contributed by atoms with van der Waals surface area (Å²) in [5.74, 6) is -1.88. The molecule has 4 nitrogen and oxygen atoms in total. The van der Waals surface area contributed by atoms with Crippen molar-refractivity contribution in [3.63, 3.8) is 0 Å². The number of carboxylic acid groups (broad SMARTS) is 2. The lowest BCUT2D eigenvalue weighted by molar-refractivity contribution is -0.139. The highest BCUT2D eigenvalue weighted by Gasteiger charge is 2.19. The summed E-state index contributed by atoms with van der Waals surface area (Å²) in [5, 5.41) is 16.8. The fourth-order valence-electron chi connectivity index (χ4n) is 0.960. The monoisotopic (exact) mass is 186 g/mol. The van der Waals surface area contributed by atoms with Gasteiger partial charge in [-0.1, -0.05) is 19.9 Å². The van der Waals surface area contributed by atoms with Crippen molar-refractivity contribution in [1.29, 1.82) is 0 Å². The summed E-state index contributed by atoms with van der Waals surface area (Å²) in [6.07, 6.45) is 3.00. The van der Waals surface area contributed by atoms with Gasteiger partial charge < -0.3 is 10.2 Å². The van der Waals surface area contributed by atoms with Crippen LogP contribution >= 0.6 is 0 Å². The molecule has 0 rings (SSSR count). The number of hydrogen-bond donors (Lipinski definition) is 2. The molecular weight excluding hydrogens is 172 g/mol. The van der Waals surface area contributed by atoms with E-state index < -0.39 is 17.4 Å². The third kappa shape index (κ3) is 7.05. The van der Waals surface area contributed by atoms with Crippen molar-refractivity contribution in [2.24, 2.45) is 5.41 Å². The van der Waals surface area contributed by atoms with E-state index in [9.17, 15) is 9.59 Å². The van der Waals surface area contributed by atoms with Gasteiger partial charge in [-0.3, -0.25) is 4.79 Å². The average Bonchev–Trinajstić information content (AvgIpc) is 1.81. The van der Waals surface area contributed by atoms with Gasteiger partial charge in [-0.05, 0) is 11.8 Å². The number of carbonyl (C=O) groups is 2. The first kappa shape index (κ1) is 11.7. The minimum Gasteiger partial charge on any atom is -0.481 e. The molecule has 74 valence electrons. The molecule has 0 aliphatic heterocycles. The Labute approximate surface area is 76.9 Å². The van der Waals surface area contributed by atoms with Gasteiger partial charge in [0.05, 0.1) is 6.42 Å². The van der Waals surface area contributed by atoms with Crippen LogP contribution < -0.4 is 0 Å². The van der Waals surface area contributed by atoms with Gasteiger partial charge in [0.15, 0.2) is 0 Å². The van der Waals surface area contributed by atoms with Crippen LogP contribution in [0.2, 0.25) is 0 Å². The second kappa shape index (κ2) is 4.64. The van der Waals surface area contributed by atoms with Crippen LogP contribution in [0.15, 0.2) is 12.2 Å². The van der Waals surface area contributed by atoms with Gasteiger partial charge in [0.2, 0.25) is 0 Å². The second-order valence-electron chi connectivity index (χ2n) is 3.68. The van der Waals surface area contributed by atoms with Crippen LogP contribution in [-0.2, 0) is 9.59 Å². The van der Waals surface area contributed by atoms with Gasteiger partial charge in [0, 0.05) is 6.08 Å². The number of rotatable bonds is 5.